The molecule has 0 radical (unpaired) electrons. The van der Waals surface area contributed by atoms with E-state index in [1.165, 1.54) is 69.0 Å². The van der Waals surface area contributed by atoms with E-state index in [4.69, 9.17) is 9.65 Å². The van der Waals surface area contributed by atoms with Crippen LogP contribution in [0.1, 0.15) is 84.4 Å². The SMILES string of the molecule is CCCCC(C)C(C)=Nc1c(C)ccc2c3c(ccc12)-c1ccc(B2CC(C)(C)C(C)(C)O2)cc1CC3. The van der Waals surface area contributed by atoms with Gasteiger partial charge in [0, 0.05) is 11.1 Å². The molecule has 1 aliphatic heterocycles. The second-order valence-electron chi connectivity index (χ2n) is 12.8. The molecule has 194 valence electrons. The normalized spacial score (nSPS) is 19.1. The van der Waals surface area contributed by atoms with Crippen molar-refractivity contribution in [3.8, 4) is 11.1 Å². The highest BCUT2D eigenvalue weighted by molar-refractivity contribution is 6.68. The van der Waals surface area contributed by atoms with Gasteiger partial charge in [-0.2, -0.15) is 0 Å². The van der Waals surface area contributed by atoms with Crippen LogP contribution < -0.4 is 5.46 Å². The second kappa shape index (κ2) is 9.73. The summed E-state index contributed by atoms with van der Waals surface area (Å²) in [6.07, 6.45) is 6.94. The molecule has 0 saturated carbocycles. The first-order valence-electron chi connectivity index (χ1n) is 14.4. The van der Waals surface area contributed by atoms with Crippen molar-refractivity contribution in [2.45, 2.75) is 99.4 Å². The number of aliphatic imine (C=N–C) groups is 1. The van der Waals surface area contributed by atoms with E-state index in [0.717, 1.165) is 24.8 Å². The Morgan fingerprint density at radius 2 is 1.73 bits per heavy atom. The molecule has 3 aromatic carbocycles. The lowest BCUT2D eigenvalue weighted by Crippen LogP contribution is -2.36. The Morgan fingerprint density at radius 3 is 2.43 bits per heavy atom. The Kier molecular flexibility index (Phi) is 6.90. The van der Waals surface area contributed by atoms with E-state index >= 15 is 0 Å². The lowest BCUT2D eigenvalue weighted by atomic mass is 9.54. The second-order valence-corrected chi connectivity index (χ2v) is 12.8. The zero-order chi connectivity index (χ0) is 26.5. The average Bonchev–Trinajstić information content (AvgIpc) is 3.09. The topological polar surface area (TPSA) is 21.6 Å². The molecule has 0 spiro atoms. The van der Waals surface area contributed by atoms with Gasteiger partial charge in [0.25, 0.3) is 0 Å². The number of benzene rings is 3. The summed E-state index contributed by atoms with van der Waals surface area (Å²) in [5.74, 6) is 0.522. The molecule has 0 aromatic heterocycles. The van der Waals surface area contributed by atoms with Crippen molar-refractivity contribution in [2.75, 3.05) is 0 Å². The van der Waals surface area contributed by atoms with Crippen molar-refractivity contribution < 1.29 is 4.65 Å². The fourth-order valence-corrected chi connectivity index (χ4v) is 6.23. The minimum atomic E-state index is -0.108. The van der Waals surface area contributed by atoms with Crippen LogP contribution in [0, 0.1) is 18.3 Å². The third kappa shape index (κ3) is 4.69. The van der Waals surface area contributed by atoms with E-state index in [-0.39, 0.29) is 17.9 Å². The number of fused-ring (bicyclic) bond motifs is 5. The molecule has 0 bridgehead atoms. The minimum absolute atomic E-state index is 0.108. The van der Waals surface area contributed by atoms with Gasteiger partial charge in [-0.15, -0.1) is 0 Å². The molecular weight excluding hydrogens is 449 g/mol. The first-order chi connectivity index (χ1) is 17.5. The van der Waals surface area contributed by atoms with Gasteiger partial charge in [0.1, 0.15) is 0 Å². The standard InChI is InChI=1S/C34H44BNO/c1-9-10-11-22(2)24(4)36-32-23(3)12-15-30-29-16-13-25-20-26(35-21-33(5,6)34(7,8)37-35)14-17-27(25)28(29)18-19-31(30)32/h12,14-15,17-20,22H,9-11,13,16,21H2,1-8H3. The van der Waals surface area contributed by atoms with Gasteiger partial charge in [-0.05, 0) is 103 Å². The highest BCUT2D eigenvalue weighted by Crippen LogP contribution is 2.46. The number of aryl methyl sites for hydroxylation is 3. The predicted octanol–water partition coefficient (Wildman–Crippen LogP) is 8.87. The van der Waals surface area contributed by atoms with Gasteiger partial charge in [-0.3, -0.25) is 4.99 Å². The summed E-state index contributed by atoms with van der Waals surface area (Å²) in [5, 5.41) is 2.66. The molecule has 0 N–H and O–H groups in total. The Balaban J connectivity index is 1.51. The monoisotopic (exact) mass is 493 g/mol. The molecule has 2 nitrogen and oxygen atoms in total. The van der Waals surface area contributed by atoms with E-state index in [9.17, 15) is 0 Å². The van der Waals surface area contributed by atoms with E-state index in [0.29, 0.717) is 5.92 Å². The van der Waals surface area contributed by atoms with Gasteiger partial charge in [-0.1, -0.05) is 83.0 Å². The first kappa shape index (κ1) is 26.2. The van der Waals surface area contributed by atoms with Gasteiger partial charge in [0.05, 0.1) is 11.3 Å². The Bertz CT molecular complexity index is 1350. The number of hydrogen-bond acceptors (Lipinski definition) is 2. The van der Waals surface area contributed by atoms with Crippen LogP contribution in [-0.4, -0.2) is 18.2 Å². The van der Waals surface area contributed by atoms with Crippen LogP contribution in [0.2, 0.25) is 6.32 Å². The van der Waals surface area contributed by atoms with Crippen LogP contribution in [-0.2, 0) is 17.5 Å². The molecule has 37 heavy (non-hydrogen) atoms. The van der Waals surface area contributed by atoms with Crippen molar-refractivity contribution in [1.29, 1.82) is 0 Å². The zero-order valence-corrected chi connectivity index (χ0v) is 24.3. The maximum Gasteiger partial charge on any atom is 0.327 e. The van der Waals surface area contributed by atoms with Crippen molar-refractivity contribution in [3.05, 3.63) is 59.2 Å². The summed E-state index contributed by atoms with van der Waals surface area (Å²) < 4.78 is 6.55. The molecule has 3 aromatic rings. The molecule has 0 amide bonds. The number of unbranched alkanes of at least 4 members (excludes halogenated alkanes) is 1. The van der Waals surface area contributed by atoms with Crippen molar-refractivity contribution in [2.24, 2.45) is 16.3 Å². The Morgan fingerprint density at radius 1 is 1.00 bits per heavy atom. The Hall–Kier alpha value is -2.39. The molecule has 1 fully saturated rings. The summed E-state index contributed by atoms with van der Waals surface area (Å²) in [6.45, 7) is 18.3. The zero-order valence-electron chi connectivity index (χ0n) is 24.3. The molecule has 1 atom stereocenters. The first-order valence-corrected chi connectivity index (χ1v) is 14.4. The minimum Gasteiger partial charge on any atom is -0.426 e. The van der Waals surface area contributed by atoms with Crippen LogP contribution >= 0.6 is 0 Å². The highest BCUT2D eigenvalue weighted by Gasteiger charge is 2.49. The van der Waals surface area contributed by atoms with Crippen LogP contribution in [0.3, 0.4) is 0 Å². The molecule has 1 heterocycles. The largest absolute Gasteiger partial charge is 0.426 e. The van der Waals surface area contributed by atoms with E-state index in [2.05, 4.69) is 97.9 Å². The average molecular weight is 494 g/mol. The fraction of sp³-hybridized carbons (Fsp3) is 0.500. The van der Waals surface area contributed by atoms with Gasteiger partial charge >= 0.3 is 6.92 Å². The third-order valence-electron chi connectivity index (χ3n) is 9.68. The predicted molar refractivity (Wildman–Crippen MR) is 162 cm³/mol. The summed E-state index contributed by atoms with van der Waals surface area (Å²) in [6, 6.07) is 16.4. The van der Waals surface area contributed by atoms with Crippen LogP contribution in [0.5, 0.6) is 0 Å². The summed E-state index contributed by atoms with van der Waals surface area (Å²) in [5.41, 5.74) is 10.8. The molecule has 5 rings (SSSR count). The van der Waals surface area contributed by atoms with Crippen molar-refractivity contribution >= 4 is 34.5 Å². The summed E-state index contributed by atoms with van der Waals surface area (Å²) in [7, 11) is 0. The van der Waals surface area contributed by atoms with Gasteiger partial charge in [-0.25, -0.2) is 0 Å². The van der Waals surface area contributed by atoms with Gasteiger partial charge < -0.3 is 4.65 Å². The van der Waals surface area contributed by atoms with Gasteiger partial charge in [0.2, 0.25) is 0 Å². The van der Waals surface area contributed by atoms with Crippen LogP contribution in [0.4, 0.5) is 5.69 Å². The van der Waals surface area contributed by atoms with E-state index in [1.807, 2.05) is 0 Å². The number of nitrogens with zero attached hydrogens (tertiary/aromatic N) is 1. The lowest BCUT2D eigenvalue weighted by Gasteiger charge is -2.34. The van der Waals surface area contributed by atoms with Crippen molar-refractivity contribution in [1.82, 2.24) is 0 Å². The molecule has 3 heteroatoms. The summed E-state index contributed by atoms with van der Waals surface area (Å²) >= 11 is 0. The number of rotatable bonds is 6. The smallest absolute Gasteiger partial charge is 0.327 e. The van der Waals surface area contributed by atoms with Crippen molar-refractivity contribution in [3.63, 3.8) is 0 Å². The Labute approximate surface area is 225 Å². The lowest BCUT2D eigenvalue weighted by molar-refractivity contribution is 0.0375. The third-order valence-corrected chi connectivity index (χ3v) is 9.68. The fourth-order valence-electron chi connectivity index (χ4n) is 6.23. The van der Waals surface area contributed by atoms with E-state index in [1.54, 1.807) is 0 Å². The number of hydrogen-bond donors (Lipinski definition) is 0. The highest BCUT2D eigenvalue weighted by atomic mass is 16.5. The molecule has 1 unspecified atom stereocenters. The molecule has 1 saturated heterocycles. The molecule has 2 aliphatic rings. The maximum absolute atomic E-state index is 6.55. The van der Waals surface area contributed by atoms with Crippen LogP contribution in [0.15, 0.2) is 47.5 Å². The maximum atomic E-state index is 6.55. The van der Waals surface area contributed by atoms with E-state index < -0.39 is 0 Å². The van der Waals surface area contributed by atoms with Crippen LogP contribution in [0.25, 0.3) is 21.9 Å². The van der Waals surface area contributed by atoms with Gasteiger partial charge in [0.15, 0.2) is 0 Å². The molecular formula is C34H44BNO. The summed E-state index contributed by atoms with van der Waals surface area (Å²) in [4.78, 5) is 5.21. The molecule has 1 aliphatic carbocycles. The quantitative estimate of drug-likeness (QED) is 0.248.